The van der Waals surface area contributed by atoms with Crippen LogP contribution in [0.2, 0.25) is 0 Å². The van der Waals surface area contributed by atoms with Crippen molar-refractivity contribution < 1.29 is 28.7 Å². The Labute approximate surface area is 193 Å². The Morgan fingerprint density at radius 3 is 2.18 bits per heavy atom. The lowest BCUT2D eigenvalue weighted by Crippen LogP contribution is -2.45. The molecular formula is C24H31N3O6. The summed E-state index contributed by atoms with van der Waals surface area (Å²) >= 11 is 0. The molecule has 9 nitrogen and oxygen atoms in total. The molecule has 1 saturated heterocycles. The van der Waals surface area contributed by atoms with Crippen LogP contribution in [0.3, 0.4) is 0 Å². The molecule has 3 atom stereocenters. The van der Waals surface area contributed by atoms with Gasteiger partial charge in [0.25, 0.3) is 5.91 Å². The molecule has 178 valence electrons. The zero-order chi connectivity index (χ0) is 24.3. The fraction of sp³-hybridized carbons (Fsp3) is 0.542. The number of ether oxygens (including phenoxy) is 1. The number of aryl methyl sites for hydroxylation is 2. The van der Waals surface area contributed by atoms with Crippen LogP contribution >= 0.6 is 0 Å². The molecular weight excluding hydrogens is 426 g/mol. The van der Waals surface area contributed by atoms with Gasteiger partial charge in [0.2, 0.25) is 17.7 Å². The van der Waals surface area contributed by atoms with Crippen LogP contribution in [-0.2, 0) is 28.7 Å². The first-order valence-electron chi connectivity index (χ1n) is 11.3. The molecule has 0 bridgehead atoms. The predicted molar refractivity (Wildman–Crippen MR) is 120 cm³/mol. The largest absolute Gasteiger partial charge is 0.454 e. The van der Waals surface area contributed by atoms with Gasteiger partial charge in [-0.05, 0) is 44.7 Å². The summed E-state index contributed by atoms with van der Waals surface area (Å²) in [5, 5.41) is 2.80. The topological polar surface area (TPSA) is 113 Å². The van der Waals surface area contributed by atoms with Gasteiger partial charge in [0.15, 0.2) is 6.61 Å². The van der Waals surface area contributed by atoms with E-state index in [4.69, 9.17) is 4.74 Å². The van der Waals surface area contributed by atoms with Crippen LogP contribution in [-0.4, -0.2) is 65.6 Å². The third kappa shape index (κ3) is 5.23. The first-order chi connectivity index (χ1) is 15.6. The summed E-state index contributed by atoms with van der Waals surface area (Å²) in [6.07, 6.45) is 3.09. The minimum atomic E-state index is -1.10. The van der Waals surface area contributed by atoms with Crippen molar-refractivity contribution in [1.29, 1.82) is 0 Å². The SMILES string of the molecule is Cc1cccc(C)c1NC(=O)CN(C)C(=O)COC(=O)[C@H](C)N1C(=O)C2CCCCC2C1=O. The molecule has 3 rings (SSSR count). The predicted octanol–water partition coefficient (Wildman–Crippen LogP) is 1.81. The van der Waals surface area contributed by atoms with E-state index in [9.17, 15) is 24.0 Å². The van der Waals surface area contributed by atoms with Crippen LogP contribution in [0.5, 0.6) is 0 Å². The van der Waals surface area contributed by atoms with Crippen molar-refractivity contribution in [3.8, 4) is 0 Å². The number of rotatable bonds is 7. The van der Waals surface area contributed by atoms with Crippen LogP contribution in [0.4, 0.5) is 5.69 Å². The Morgan fingerprint density at radius 2 is 1.64 bits per heavy atom. The summed E-state index contributed by atoms with van der Waals surface area (Å²) in [4.78, 5) is 64.6. The summed E-state index contributed by atoms with van der Waals surface area (Å²) in [7, 11) is 1.43. The maximum Gasteiger partial charge on any atom is 0.329 e. The quantitative estimate of drug-likeness (QED) is 0.494. The van der Waals surface area contributed by atoms with Crippen molar-refractivity contribution in [2.75, 3.05) is 25.5 Å². The number of hydrogen-bond acceptors (Lipinski definition) is 6. The number of anilines is 1. The number of carbonyl (C=O) groups is 5. The van der Waals surface area contributed by atoms with E-state index >= 15 is 0 Å². The monoisotopic (exact) mass is 457 g/mol. The van der Waals surface area contributed by atoms with Gasteiger partial charge in [0.05, 0.1) is 18.4 Å². The van der Waals surface area contributed by atoms with Crippen molar-refractivity contribution in [2.24, 2.45) is 11.8 Å². The summed E-state index contributed by atoms with van der Waals surface area (Å²) in [6, 6.07) is 4.55. The molecule has 33 heavy (non-hydrogen) atoms. The average molecular weight is 458 g/mol. The highest BCUT2D eigenvalue weighted by Crippen LogP contribution is 2.38. The number of fused-ring (bicyclic) bond motifs is 1. The van der Waals surface area contributed by atoms with Crippen molar-refractivity contribution in [1.82, 2.24) is 9.80 Å². The normalized spacial score (nSPS) is 20.8. The smallest absolute Gasteiger partial charge is 0.329 e. The second-order valence-corrected chi connectivity index (χ2v) is 8.89. The van der Waals surface area contributed by atoms with Gasteiger partial charge in [-0.1, -0.05) is 31.0 Å². The zero-order valence-corrected chi connectivity index (χ0v) is 19.6. The molecule has 1 N–H and O–H groups in total. The highest BCUT2D eigenvalue weighted by molar-refractivity contribution is 6.07. The maximum absolute atomic E-state index is 12.6. The number of nitrogens with one attached hydrogen (secondary N) is 1. The molecule has 2 fully saturated rings. The molecule has 0 spiro atoms. The third-order valence-corrected chi connectivity index (χ3v) is 6.49. The molecule has 1 aliphatic heterocycles. The Balaban J connectivity index is 1.50. The van der Waals surface area contributed by atoms with Gasteiger partial charge >= 0.3 is 5.97 Å². The van der Waals surface area contributed by atoms with Gasteiger partial charge in [-0.2, -0.15) is 0 Å². The molecule has 1 heterocycles. The van der Waals surface area contributed by atoms with Gasteiger partial charge < -0.3 is 15.0 Å². The fourth-order valence-electron chi connectivity index (χ4n) is 4.53. The van der Waals surface area contributed by atoms with Crippen molar-refractivity contribution >= 4 is 35.3 Å². The van der Waals surface area contributed by atoms with Crippen LogP contribution < -0.4 is 5.32 Å². The Bertz CT molecular complexity index is 931. The van der Waals surface area contributed by atoms with E-state index in [0.29, 0.717) is 18.5 Å². The number of esters is 1. The van der Waals surface area contributed by atoms with E-state index in [1.807, 2.05) is 32.0 Å². The fourth-order valence-corrected chi connectivity index (χ4v) is 4.53. The second-order valence-electron chi connectivity index (χ2n) is 8.89. The van der Waals surface area contributed by atoms with Crippen molar-refractivity contribution in [3.05, 3.63) is 29.3 Å². The molecule has 9 heteroatoms. The second kappa shape index (κ2) is 10.1. The molecule has 1 aromatic rings. The van der Waals surface area contributed by atoms with Crippen molar-refractivity contribution in [3.63, 3.8) is 0 Å². The first kappa shape index (κ1) is 24.4. The average Bonchev–Trinajstić information content (AvgIpc) is 3.04. The number of likely N-dealkylation sites (tertiary alicyclic amines) is 1. The van der Waals surface area contributed by atoms with Crippen LogP contribution in [0.25, 0.3) is 0 Å². The molecule has 1 aliphatic carbocycles. The number of nitrogens with zero attached hydrogens (tertiary/aromatic N) is 2. The van der Waals surface area contributed by atoms with Crippen LogP contribution in [0, 0.1) is 25.7 Å². The van der Waals surface area contributed by atoms with Gasteiger partial charge in [0.1, 0.15) is 6.04 Å². The number of carbonyl (C=O) groups excluding carboxylic acids is 5. The number of imide groups is 1. The molecule has 2 aliphatic rings. The summed E-state index contributed by atoms with van der Waals surface area (Å²) in [5.41, 5.74) is 2.52. The van der Waals surface area contributed by atoms with E-state index in [1.165, 1.54) is 14.0 Å². The van der Waals surface area contributed by atoms with Gasteiger partial charge in [-0.25, -0.2) is 4.79 Å². The van der Waals surface area contributed by atoms with E-state index in [0.717, 1.165) is 33.8 Å². The number of hydrogen-bond donors (Lipinski definition) is 1. The summed E-state index contributed by atoms with van der Waals surface area (Å²) < 4.78 is 5.08. The Hall–Kier alpha value is -3.23. The minimum Gasteiger partial charge on any atom is -0.454 e. The lowest BCUT2D eigenvalue weighted by Gasteiger charge is -2.22. The van der Waals surface area contributed by atoms with Gasteiger partial charge in [0, 0.05) is 12.7 Å². The number of benzene rings is 1. The van der Waals surface area contributed by atoms with E-state index < -0.39 is 24.5 Å². The third-order valence-electron chi connectivity index (χ3n) is 6.49. The number of para-hydroxylation sites is 1. The molecule has 4 amide bonds. The summed E-state index contributed by atoms with van der Waals surface area (Å²) in [5.74, 6) is -3.15. The molecule has 0 radical (unpaired) electrons. The molecule has 1 aromatic carbocycles. The lowest BCUT2D eigenvalue weighted by molar-refractivity contribution is -0.161. The first-order valence-corrected chi connectivity index (χ1v) is 11.3. The molecule has 2 unspecified atom stereocenters. The maximum atomic E-state index is 12.6. The van der Waals surface area contributed by atoms with E-state index in [-0.39, 0.29) is 36.1 Å². The molecule has 1 saturated carbocycles. The number of likely N-dealkylation sites (N-methyl/N-ethyl adjacent to an activating group) is 1. The van der Waals surface area contributed by atoms with E-state index in [2.05, 4.69) is 5.32 Å². The Kier molecular flexibility index (Phi) is 7.50. The Morgan fingerprint density at radius 1 is 1.09 bits per heavy atom. The van der Waals surface area contributed by atoms with Gasteiger partial charge in [-0.3, -0.25) is 24.1 Å². The minimum absolute atomic E-state index is 0.216. The highest BCUT2D eigenvalue weighted by atomic mass is 16.5. The molecule has 0 aromatic heterocycles. The lowest BCUT2D eigenvalue weighted by atomic mass is 9.81. The summed E-state index contributed by atoms with van der Waals surface area (Å²) in [6.45, 7) is 4.39. The number of amides is 4. The van der Waals surface area contributed by atoms with Crippen LogP contribution in [0.1, 0.15) is 43.7 Å². The van der Waals surface area contributed by atoms with Crippen molar-refractivity contribution in [2.45, 2.75) is 52.5 Å². The van der Waals surface area contributed by atoms with Crippen LogP contribution in [0.15, 0.2) is 18.2 Å². The van der Waals surface area contributed by atoms with Gasteiger partial charge in [-0.15, -0.1) is 0 Å². The standard InChI is InChI=1S/C24H31N3O6/c1-14-8-7-9-15(2)21(14)25-19(28)12-26(4)20(29)13-33-24(32)16(3)27-22(30)17-10-5-6-11-18(17)23(27)31/h7-9,16-18H,5-6,10-13H2,1-4H3,(H,25,28)/t16-,17?,18?/m0/s1. The highest BCUT2D eigenvalue weighted by Gasteiger charge is 2.51. The zero-order valence-electron chi connectivity index (χ0n) is 19.6. The van der Waals surface area contributed by atoms with E-state index in [1.54, 1.807) is 0 Å².